The molecule has 0 aliphatic carbocycles. The van der Waals surface area contributed by atoms with Crippen molar-refractivity contribution in [2.24, 2.45) is 32.5 Å². The van der Waals surface area contributed by atoms with Crippen LogP contribution in [0.2, 0.25) is 0 Å². The van der Waals surface area contributed by atoms with E-state index in [2.05, 4.69) is 44.9 Å². The summed E-state index contributed by atoms with van der Waals surface area (Å²) in [6, 6.07) is 14.4. The van der Waals surface area contributed by atoms with Gasteiger partial charge in [0, 0.05) is 11.4 Å². The summed E-state index contributed by atoms with van der Waals surface area (Å²) in [4.78, 5) is 12.4. The number of nitrogens with two attached hydrogens (primary N) is 3. The minimum atomic E-state index is -0.355. The van der Waals surface area contributed by atoms with Gasteiger partial charge in [0.15, 0.2) is 0 Å². The van der Waals surface area contributed by atoms with Crippen LogP contribution in [0.1, 0.15) is 50.7 Å². The van der Waals surface area contributed by atoms with Gasteiger partial charge in [-0.2, -0.15) is 10.2 Å². The Kier molecular flexibility index (Phi) is 10.1. The van der Waals surface area contributed by atoms with Gasteiger partial charge >= 0.3 is 6.03 Å². The Hall–Kier alpha value is -4.34. The van der Waals surface area contributed by atoms with E-state index < -0.39 is 0 Å². The third kappa shape index (κ3) is 8.65. The van der Waals surface area contributed by atoms with Crippen LogP contribution in [0.4, 0.5) is 16.2 Å². The largest absolute Gasteiger partial charge is 0.385 e. The normalized spacial score (nSPS) is 11.5. The maximum atomic E-state index is 12.4. The van der Waals surface area contributed by atoms with Crippen molar-refractivity contribution in [1.29, 1.82) is 0 Å². The SMILES string of the molecule is C=C(N)N/N=C(\CCC)c1ccc(NC(=O)Nc2ccc(/C(CCC)=N/N=C(N)N)cc2)cc1. The molecule has 2 rings (SSSR count). The van der Waals surface area contributed by atoms with Crippen molar-refractivity contribution in [1.82, 2.24) is 5.43 Å². The second-order valence-corrected chi connectivity index (χ2v) is 7.50. The van der Waals surface area contributed by atoms with E-state index >= 15 is 0 Å². The topological polar surface area (TPSA) is 168 Å². The monoisotopic (exact) mass is 463 g/mol. The Morgan fingerprint density at radius 2 is 1.26 bits per heavy atom. The average Bonchev–Trinajstić information content (AvgIpc) is 2.80. The highest BCUT2D eigenvalue weighted by atomic mass is 16.2. The Bertz CT molecular complexity index is 1050. The van der Waals surface area contributed by atoms with Crippen LogP contribution >= 0.6 is 0 Å². The Balaban J connectivity index is 2.02. The lowest BCUT2D eigenvalue weighted by Crippen LogP contribution is -2.22. The van der Waals surface area contributed by atoms with Crippen LogP contribution in [0.3, 0.4) is 0 Å². The van der Waals surface area contributed by atoms with Crippen molar-refractivity contribution >= 4 is 34.8 Å². The molecule has 0 spiro atoms. The lowest BCUT2D eigenvalue weighted by Gasteiger charge is -2.11. The van der Waals surface area contributed by atoms with Crippen LogP contribution in [-0.4, -0.2) is 23.4 Å². The number of guanidine groups is 1. The molecule has 0 aromatic heterocycles. The fourth-order valence-electron chi connectivity index (χ4n) is 3.03. The molecule has 0 aliphatic heterocycles. The molecule has 180 valence electrons. The number of rotatable bonds is 11. The third-order valence-corrected chi connectivity index (χ3v) is 4.55. The molecule has 10 nitrogen and oxygen atoms in total. The number of nitrogens with one attached hydrogen (secondary N) is 3. The van der Waals surface area contributed by atoms with Crippen LogP contribution in [-0.2, 0) is 0 Å². The third-order valence-electron chi connectivity index (χ3n) is 4.55. The highest BCUT2D eigenvalue weighted by Gasteiger charge is 2.08. The van der Waals surface area contributed by atoms with Crippen LogP contribution in [0.25, 0.3) is 0 Å². The fraction of sp³-hybridized carbons (Fsp3) is 0.250. The molecule has 0 unspecified atom stereocenters. The van der Waals surface area contributed by atoms with Gasteiger partial charge in [-0.15, -0.1) is 5.10 Å². The van der Waals surface area contributed by atoms with Crippen LogP contribution < -0.4 is 33.3 Å². The molecule has 2 amide bonds. The molecule has 0 saturated heterocycles. The highest BCUT2D eigenvalue weighted by Crippen LogP contribution is 2.16. The predicted octanol–water partition coefficient (Wildman–Crippen LogP) is 3.63. The van der Waals surface area contributed by atoms with Crippen LogP contribution in [0, 0.1) is 0 Å². The van der Waals surface area contributed by atoms with Crippen molar-refractivity contribution < 1.29 is 4.79 Å². The molecule has 0 fully saturated rings. The minimum absolute atomic E-state index is 0.0939. The molecule has 0 heterocycles. The number of anilines is 2. The maximum Gasteiger partial charge on any atom is 0.323 e. The van der Waals surface area contributed by atoms with Gasteiger partial charge in [-0.25, -0.2) is 4.79 Å². The molecule has 9 N–H and O–H groups in total. The standard InChI is InChI=1S/C24H33N9O/c1-4-6-21(31-30-16(3)25)17-8-12-19(13-9-17)28-24(34)29-20-14-10-18(11-15-20)22(7-5-2)32-33-23(26)27/h8-15,30H,3-7,25H2,1-2H3,(H4,26,27,33)(H2,28,29,34)/b31-21+,32-22+. The summed E-state index contributed by atoms with van der Waals surface area (Å²) >= 11 is 0. The van der Waals surface area contributed by atoms with Crippen LogP contribution in [0.15, 0.2) is 76.2 Å². The second kappa shape index (κ2) is 13.3. The first kappa shape index (κ1) is 25.9. The molecule has 0 radical (unpaired) electrons. The molecule has 0 saturated carbocycles. The fourth-order valence-corrected chi connectivity index (χ4v) is 3.03. The number of carbonyl (C=O) groups excluding carboxylic acids is 1. The smallest absolute Gasteiger partial charge is 0.323 e. The molecule has 0 bridgehead atoms. The van der Waals surface area contributed by atoms with Crippen molar-refractivity contribution in [2.75, 3.05) is 10.6 Å². The molecule has 34 heavy (non-hydrogen) atoms. The molecule has 2 aromatic carbocycles. The van der Waals surface area contributed by atoms with E-state index in [-0.39, 0.29) is 17.8 Å². The van der Waals surface area contributed by atoms with E-state index in [1.165, 1.54) is 0 Å². The molecule has 0 aliphatic rings. The molecular weight excluding hydrogens is 430 g/mol. The Morgan fingerprint density at radius 1 is 0.794 bits per heavy atom. The van der Waals surface area contributed by atoms with Gasteiger partial charge in [0.25, 0.3) is 0 Å². The van der Waals surface area contributed by atoms with Gasteiger partial charge in [-0.05, 0) is 48.2 Å². The van der Waals surface area contributed by atoms with Gasteiger partial charge in [0.2, 0.25) is 5.96 Å². The van der Waals surface area contributed by atoms with Crippen molar-refractivity contribution in [3.8, 4) is 0 Å². The lowest BCUT2D eigenvalue weighted by molar-refractivity contribution is 0.262. The van der Waals surface area contributed by atoms with Crippen molar-refractivity contribution in [3.63, 3.8) is 0 Å². The number of hydrogen-bond donors (Lipinski definition) is 6. The van der Waals surface area contributed by atoms with E-state index in [1.54, 1.807) is 12.1 Å². The molecule has 10 heteroatoms. The summed E-state index contributed by atoms with van der Waals surface area (Å²) in [6.07, 6.45) is 3.32. The van der Waals surface area contributed by atoms with Gasteiger partial charge in [0.1, 0.15) is 5.82 Å². The number of amides is 2. The van der Waals surface area contributed by atoms with E-state index in [9.17, 15) is 4.79 Å². The van der Waals surface area contributed by atoms with Gasteiger partial charge in [-0.1, -0.05) is 57.5 Å². The van der Waals surface area contributed by atoms with Gasteiger partial charge in [-0.3, -0.25) is 5.43 Å². The zero-order chi connectivity index (χ0) is 24.9. The van der Waals surface area contributed by atoms with E-state index in [1.807, 2.05) is 43.3 Å². The number of nitrogens with zero attached hydrogens (tertiary/aromatic N) is 3. The van der Waals surface area contributed by atoms with E-state index in [4.69, 9.17) is 17.2 Å². The Morgan fingerprint density at radius 3 is 1.71 bits per heavy atom. The van der Waals surface area contributed by atoms with E-state index in [0.29, 0.717) is 11.4 Å². The van der Waals surface area contributed by atoms with Gasteiger partial charge < -0.3 is 27.8 Å². The van der Waals surface area contributed by atoms with Gasteiger partial charge in [0.05, 0.1) is 11.4 Å². The Labute approximate surface area is 200 Å². The quantitative estimate of drug-likeness (QED) is 0.170. The summed E-state index contributed by atoms with van der Waals surface area (Å²) in [7, 11) is 0. The molecule has 2 aromatic rings. The van der Waals surface area contributed by atoms with Crippen molar-refractivity contribution in [2.45, 2.75) is 39.5 Å². The maximum absolute atomic E-state index is 12.4. The summed E-state index contributed by atoms with van der Waals surface area (Å²) in [6.45, 7) is 7.70. The number of benzene rings is 2. The first-order valence-corrected chi connectivity index (χ1v) is 11.0. The number of hydrogen-bond acceptors (Lipinski definition) is 6. The molecule has 0 atom stereocenters. The number of hydrazone groups is 1. The first-order valence-electron chi connectivity index (χ1n) is 11.0. The summed E-state index contributed by atoms with van der Waals surface area (Å²) < 4.78 is 0. The average molecular weight is 464 g/mol. The number of urea groups is 1. The summed E-state index contributed by atoms with van der Waals surface area (Å²) in [5.74, 6) is 0.183. The molecular formula is C24H33N9O. The second-order valence-electron chi connectivity index (χ2n) is 7.50. The highest BCUT2D eigenvalue weighted by molar-refractivity contribution is 6.03. The van der Waals surface area contributed by atoms with Crippen LogP contribution in [0.5, 0.6) is 0 Å². The van der Waals surface area contributed by atoms with Crippen molar-refractivity contribution in [3.05, 3.63) is 72.1 Å². The predicted molar refractivity (Wildman–Crippen MR) is 141 cm³/mol. The summed E-state index contributed by atoms with van der Waals surface area (Å²) in [5, 5.41) is 17.8. The zero-order valence-corrected chi connectivity index (χ0v) is 19.6. The zero-order valence-electron chi connectivity index (χ0n) is 19.6. The summed E-state index contributed by atoms with van der Waals surface area (Å²) in [5.41, 5.74) is 23.7. The number of carbonyl (C=O) groups is 1. The minimum Gasteiger partial charge on any atom is -0.385 e. The first-order chi connectivity index (χ1) is 16.3. The van der Waals surface area contributed by atoms with E-state index in [0.717, 1.165) is 48.2 Å². The lowest BCUT2D eigenvalue weighted by atomic mass is 10.1.